The van der Waals surface area contributed by atoms with Crippen LogP contribution in [0.3, 0.4) is 0 Å². The van der Waals surface area contributed by atoms with E-state index in [4.69, 9.17) is 16.3 Å². The van der Waals surface area contributed by atoms with Crippen LogP contribution in [0.2, 0.25) is 5.02 Å². The second kappa shape index (κ2) is 7.00. The number of benzene rings is 1. The van der Waals surface area contributed by atoms with Gasteiger partial charge in [-0.2, -0.15) is 5.10 Å². The Hall–Kier alpha value is -2.08. The SMILES string of the molecule is COc1ccc(Cl)cc1CC(=O)N1CCCC[C@@H]1c1ncn[nH]1. The first-order valence-electron chi connectivity index (χ1n) is 7.66. The number of carbonyl (C=O) groups excluding carboxylic acids is 1. The number of aromatic amines is 1. The lowest BCUT2D eigenvalue weighted by Crippen LogP contribution is -2.39. The predicted molar refractivity (Wildman–Crippen MR) is 86.4 cm³/mol. The third-order valence-corrected chi connectivity index (χ3v) is 4.39. The number of amides is 1. The van der Waals surface area contributed by atoms with Gasteiger partial charge in [-0.3, -0.25) is 9.89 Å². The Kier molecular flexibility index (Phi) is 4.81. The maximum atomic E-state index is 12.8. The van der Waals surface area contributed by atoms with Crippen molar-refractivity contribution in [3.05, 3.63) is 40.9 Å². The van der Waals surface area contributed by atoms with E-state index in [0.29, 0.717) is 10.8 Å². The first-order valence-corrected chi connectivity index (χ1v) is 8.04. The van der Waals surface area contributed by atoms with Crippen molar-refractivity contribution in [1.29, 1.82) is 0 Å². The van der Waals surface area contributed by atoms with E-state index in [1.54, 1.807) is 25.3 Å². The number of carbonyl (C=O) groups is 1. The molecule has 0 unspecified atom stereocenters. The van der Waals surface area contributed by atoms with Gasteiger partial charge in [-0.15, -0.1) is 0 Å². The third-order valence-electron chi connectivity index (χ3n) is 4.16. The van der Waals surface area contributed by atoms with Crippen molar-refractivity contribution in [2.24, 2.45) is 0 Å². The number of methoxy groups -OCH3 is 1. The van der Waals surface area contributed by atoms with E-state index in [0.717, 1.165) is 37.2 Å². The molecule has 1 aliphatic rings. The largest absolute Gasteiger partial charge is 0.496 e. The number of likely N-dealkylation sites (tertiary alicyclic amines) is 1. The molecule has 1 N–H and O–H groups in total. The standard InChI is InChI=1S/C16H19ClN4O2/c1-23-14-6-5-12(17)8-11(14)9-15(22)21-7-3-2-4-13(21)16-18-10-19-20-16/h5-6,8,10,13H,2-4,7,9H2,1H3,(H,18,19,20)/t13-/m1/s1. The van der Waals surface area contributed by atoms with Gasteiger partial charge in [0.15, 0.2) is 0 Å². The summed E-state index contributed by atoms with van der Waals surface area (Å²) in [5.41, 5.74) is 0.798. The van der Waals surface area contributed by atoms with E-state index in [9.17, 15) is 4.79 Å². The van der Waals surface area contributed by atoms with Gasteiger partial charge in [-0.05, 0) is 37.5 Å². The first kappa shape index (κ1) is 15.8. The van der Waals surface area contributed by atoms with Gasteiger partial charge in [0, 0.05) is 17.1 Å². The smallest absolute Gasteiger partial charge is 0.227 e. The lowest BCUT2D eigenvalue weighted by atomic mass is 10.00. The zero-order valence-electron chi connectivity index (χ0n) is 13.0. The number of nitrogens with one attached hydrogen (secondary N) is 1. The quantitative estimate of drug-likeness (QED) is 0.933. The Balaban J connectivity index is 1.80. The van der Waals surface area contributed by atoms with Crippen LogP contribution in [0.4, 0.5) is 0 Å². The van der Waals surface area contributed by atoms with Gasteiger partial charge in [0.05, 0.1) is 19.6 Å². The summed E-state index contributed by atoms with van der Waals surface area (Å²) in [5, 5.41) is 7.39. The van der Waals surface area contributed by atoms with Crippen molar-refractivity contribution in [2.45, 2.75) is 31.7 Å². The van der Waals surface area contributed by atoms with Gasteiger partial charge >= 0.3 is 0 Å². The van der Waals surface area contributed by atoms with Crippen molar-refractivity contribution in [1.82, 2.24) is 20.1 Å². The molecule has 1 aromatic heterocycles. The van der Waals surface area contributed by atoms with E-state index in [2.05, 4.69) is 15.2 Å². The minimum atomic E-state index is -0.0380. The molecule has 0 spiro atoms. The minimum absolute atomic E-state index is 0.0380. The van der Waals surface area contributed by atoms with Crippen molar-refractivity contribution < 1.29 is 9.53 Å². The molecule has 2 aromatic rings. The molecule has 0 bridgehead atoms. The molecule has 122 valence electrons. The van der Waals surface area contributed by atoms with Crippen LogP contribution in [0.1, 0.15) is 36.7 Å². The molecular formula is C16H19ClN4O2. The van der Waals surface area contributed by atoms with Crippen LogP contribution in [0, 0.1) is 0 Å². The summed E-state index contributed by atoms with van der Waals surface area (Å²) in [7, 11) is 1.59. The van der Waals surface area contributed by atoms with Crippen molar-refractivity contribution >= 4 is 17.5 Å². The zero-order chi connectivity index (χ0) is 16.2. The molecule has 0 aliphatic carbocycles. The fourth-order valence-corrected chi connectivity index (χ4v) is 3.23. The fourth-order valence-electron chi connectivity index (χ4n) is 3.04. The number of hydrogen-bond donors (Lipinski definition) is 1. The van der Waals surface area contributed by atoms with Gasteiger partial charge < -0.3 is 9.64 Å². The average Bonchev–Trinajstić information content (AvgIpc) is 3.09. The van der Waals surface area contributed by atoms with E-state index < -0.39 is 0 Å². The number of H-pyrrole nitrogens is 1. The van der Waals surface area contributed by atoms with E-state index >= 15 is 0 Å². The normalized spacial score (nSPS) is 18.0. The summed E-state index contributed by atoms with van der Waals surface area (Å²) >= 11 is 6.05. The number of hydrogen-bond acceptors (Lipinski definition) is 4. The summed E-state index contributed by atoms with van der Waals surface area (Å²) < 4.78 is 5.33. The molecular weight excluding hydrogens is 316 g/mol. The molecule has 6 nitrogen and oxygen atoms in total. The topological polar surface area (TPSA) is 71.1 Å². The molecule has 1 aliphatic heterocycles. The lowest BCUT2D eigenvalue weighted by Gasteiger charge is -2.34. The molecule has 3 rings (SSSR count). The summed E-state index contributed by atoms with van der Waals surface area (Å²) in [6.45, 7) is 0.729. The van der Waals surface area contributed by atoms with E-state index in [1.807, 2.05) is 4.90 Å². The highest BCUT2D eigenvalue weighted by Crippen LogP contribution is 2.30. The second-order valence-corrected chi connectivity index (χ2v) is 6.04. The Morgan fingerprint density at radius 3 is 3.09 bits per heavy atom. The maximum Gasteiger partial charge on any atom is 0.227 e. The van der Waals surface area contributed by atoms with Crippen LogP contribution in [0.25, 0.3) is 0 Å². The van der Waals surface area contributed by atoms with Crippen LogP contribution in [-0.4, -0.2) is 39.6 Å². The average molecular weight is 335 g/mol. The molecule has 1 atom stereocenters. The third kappa shape index (κ3) is 3.47. The number of nitrogens with zero attached hydrogens (tertiary/aromatic N) is 3. The molecule has 1 aromatic carbocycles. The van der Waals surface area contributed by atoms with Crippen LogP contribution < -0.4 is 4.74 Å². The summed E-state index contributed by atoms with van der Waals surface area (Å²) in [4.78, 5) is 18.9. The summed E-state index contributed by atoms with van der Waals surface area (Å²) in [6.07, 6.45) is 4.72. The highest BCUT2D eigenvalue weighted by molar-refractivity contribution is 6.30. The monoisotopic (exact) mass is 334 g/mol. The highest BCUT2D eigenvalue weighted by atomic mass is 35.5. The van der Waals surface area contributed by atoms with Gasteiger partial charge in [0.2, 0.25) is 5.91 Å². The van der Waals surface area contributed by atoms with Crippen LogP contribution in [0.5, 0.6) is 5.75 Å². The Labute approximate surface area is 139 Å². The van der Waals surface area contributed by atoms with Crippen molar-refractivity contribution in [3.8, 4) is 5.75 Å². The molecule has 1 fully saturated rings. The van der Waals surface area contributed by atoms with Crippen LogP contribution in [-0.2, 0) is 11.2 Å². The minimum Gasteiger partial charge on any atom is -0.496 e. The molecule has 1 amide bonds. The fraction of sp³-hybridized carbons (Fsp3) is 0.438. The summed E-state index contributed by atoms with van der Waals surface area (Å²) in [5.74, 6) is 1.47. The maximum absolute atomic E-state index is 12.8. The molecule has 7 heteroatoms. The molecule has 23 heavy (non-hydrogen) atoms. The Bertz CT molecular complexity index is 675. The van der Waals surface area contributed by atoms with Crippen molar-refractivity contribution in [2.75, 3.05) is 13.7 Å². The molecule has 0 radical (unpaired) electrons. The van der Waals surface area contributed by atoms with Gasteiger partial charge in [-0.25, -0.2) is 4.98 Å². The number of halogens is 1. The lowest BCUT2D eigenvalue weighted by molar-refractivity contribution is -0.134. The number of piperidine rings is 1. The van der Waals surface area contributed by atoms with E-state index in [-0.39, 0.29) is 18.4 Å². The van der Waals surface area contributed by atoms with Crippen molar-refractivity contribution in [3.63, 3.8) is 0 Å². The number of aromatic nitrogens is 3. The molecule has 1 saturated heterocycles. The highest BCUT2D eigenvalue weighted by Gasteiger charge is 2.30. The number of ether oxygens (including phenoxy) is 1. The van der Waals surface area contributed by atoms with Gasteiger partial charge in [-0.1, -0.05) is 11.6 Å². The van der Waals surface area contributed by atoms with Crippen LogP contribution >= 0.6 is 11.6 Å². The summed E-state index contributed by atoms with van der Waals surface area (Å²) in [6, 6.07) is 5.29. The second-order valence-electron chi connectivity index (χ2n) is 5.60. The number of rotatable bonds is 4. The zero-order valence-corrected chi connectivity index (χ0v) is 13.7. The Morgan fingerprint density at radius 2 is 2.35 bits per heavy atom. The van der Waals surface area contributed by atoms with Gasteiger partial charge in [0.1, 0.15) is 17.9 Å². The van der Waals surface area contributed by atoms with E-state index in [1.165, 1.54) is 6.33 Å². The first-order chi connectivity index (χ1) is 11.2. The molecule has 0 saturated carbocycles. The van der Waals surface area contributed by atoms with Crippen LogP contribution in [0.15, 0.2) is 24.5 Å². The Morgan fingerprint density at radius 1 is 1.48 bits per heavy atom. The van der Waals surface area contributed by atoms with Gasteiger partial charge in [0.25, 0.3) is 0 Å². The predicted octanol–water partition coefficient (Wildman–Crippen LogP) is 2.76. The molecule has 2 heterocycles.